The minimum absolute atomic E-state index is 0.0266. The Morgan fingerprint density at radius 3 is 1.71 bits per heavy atom. The maximum absolute atomic E-state index is 13.3. The molecule has 7 N–H and O–H groups in total. The van der Waals surface area contributed by atoms with E-state index in [1.54, 1.807) is 49.3 Å². The fourth-order valence-electron chi connectivity index (χ4n) is 13.8. The fraction of sp³-hybridized carbons (Fsp3) is 0.274. The second kappa shape index (κ2) is 30.3. The number of carbonyl (C=O) groups is 3. The molecule has 14 nitrogen and oxygen atoms in total. The molecule has 100 heavy (non-hydrogen) atoms. The Kier molecular flexibility index (Phi) is 20.4. The lowest BCUT2D eigenvalue weighted by molar-refractivity contribution is 0.0984. The summed E-state index contributed by atoms with van der Waals surface area (Å²) in [6.07, 6.45) is 13.8. The molecule has 5 aromatic heterocycles. The number of likely N-dealkylation sites (N-methyl/N-ethyl adjacent to an activating group) is 1. The van der Waals surface area contributed by atoms with Crippen LogP contribution in [0.1, 0.15) is 121 Å². The molecule has 0 unspecified atom stereocenters. The Morgan fingerprint density at radius 2 is 1.12 bits per heavy atom. The molecule has 0 atom stereocenters. The van der Waals surface area contributed by atoms with Gasteiger partial charge in [-0.2, -0.15) is 0 Å². The molecule has 0 bridgehead atoms. The van der Waals surface area contributed by atoms with Gasteiger partial charge in [0.25, 0.3) is 0 Å². The van der Waals surface area contributed by atoms with Crippen LogP contribution in [0.15, 0.2) is 193 Å². The van der Waals surface area contributed by atoms with E-state index in [2.05, 4.69) is 104 Å². The number of benzene rings is 7. The van der Waals surface area contributed by atoms with E-state index in [1.165, 1.54) is 87.2 Å². The molecule has 7 aromatic carbocycles. The van der Waals surface area contributed by atoms with E-state index in [9.17, 15) is 14.4 Å². The van der Waals surface area contributed by atoms with E-state index in [0.717, 1.165) is 106 Å². The SMILES string of the molecule is COCCN(C)c1cc2ncc(C(=O)Cc3cc(-c4cccs4)ccc3N)cc2cc1C1CC1.COCCn1cc(C2CC2)c2cc(C(=O)Cc3cc(-c4ccccc4)ccc3N)ccc21.Nc1ccc(-c2cccs2)cc1CC(=O)c1cnc2c(C3CC3)c(N3CCNCC3)ccc2c1. The molecule has 0 amide bonds. The summed E-state index contributed by atoms with van der Waals surface area (Å²) < 4.78 is 12.8. The number of carbonyl (C=O) groups excluding carboxylic acids is 3. The van der Waals surface area contributed by atoms with Crippen LogP contribution >= 0.6 is 22.7 Å². The van der Waals surface area contributed by atoms with Gasteiger partial charge in [0.15, 0.2) is 17.3 Å². The van der Waals surface area contributed by atoms with Crippen molar-refractivity contribution in [3.8, 4) is 32.0 Å². The first-order chi connectivity index (χ1) is 48.8. The molecular formula is C84H85N9O5S2. The van der Waals surface area contributed by atoms with E-state index in [0.29, 0.717) is 65.6 Å². The monoisotopic (exact) mass is 1360 g/mol. The van der Waals surface area contributed by atoms with Crippen molar-refractivity contribution in [2.24, 2.45) is 0 Å². The normalized spacial score (nSPS) is 14.4. The summed E-state index contributed by atoms with van der Waals surface area (Å²) in [4.78, 5) is 56.3. The number of anilines is 5. The van der Waals surface area contributed by atoms with E-state index in [-0.39, 0.29) is 30.2 Å². The van der Waals surface area contributed by atoms with Gasteiger partial charge in [0.1, 0.15) is 0 Å². The summed E-state index contributed by atoms with van der Waals surface area (Å²) >= 11 is 3.36. The number of nitrogens with two attached hydrogens (primary N) is 3. The lowest BCUT2D eigenvalue weighted by Crippen LogP contribution is -2.43. The van der Waals surface area contributed by atoms with Gasteiger partial charge in [-0.15, -0.1) is 22.7 Å². The molecule has 508 valence electrons. The number of thiophene rings is 2. The van der Waals surface area contributed by atoms with Crippen LogP contribution in [0.3, 0.4) is 0 Å². The number of Topliss-reactive ketones (excluding diaryl/α,β-unsaturated/α-hetero) is 3. The number of aromatic nitrogens is 3. The van der Waals surface area contributed by atoms with Crippen LogP contribution in [-0.4, -0.2) is 99.1 Å². The molecule has 12 aromatic rings. The molecule has 1 saturated heterocycles. The number of fused-ring (bicyclic) bond motifs is 3. The summed E-state index contributed by atoms with van der Waals surface area (Å²) in [7, 11) is 5.55. The minimum atomic E-state index is 0.0266. The van der Waals surface area contributed by atoms with Crippen LogP contribution in [-0.2, 0) is 35.3 Å². The Morgan fingerprint density at radius 1 is 0.550 bits per heavy atom. The van der Waals surface area contributed by atoms with Crippen LogP contribution in [0.4, 0.5) is 28.4 Å². The number of pyridine rings is 2. The highest BCUT2D eigenvalue weighted by atomic mass is 32.1. The van der Waals surface area contributed by atoms with E-state index in [4.69, 9.17) is 31.7 Å². The summed E-state index contributed by atoms with van der Waals surface area (Å²) in [5.41, 5.74) is 39.3. The van der Waals surface area contributed by atoms with E-state index < -0.39 is 0 Å². The number of ketones is 3. The fourth-order valence-corrected chi connectivity index (χ4v) is 15.2. The zero-order valence-corrected chi connectivity index (χ0v) is 58.7. The van der Waals surface area contributed by atoms with Gasteiger partial charge in [0.2, 0.25) is 0 Å². The van der Waals surface area contributed by atoms with Gasteiger partial charge in [-0.3, -0.25) is 24.4 Å². The Bertz CT molecular complexity index is 4940. The predicted molar refractivity (Wildman–Crippen MR) is 412 cm³/mol. The van der Waals surface area contributed by atoms with E-state index >= 15 is 0 Å². The third-order valence-electron chi connectivity index (χ3n) is 19.8. The number of piperazine rings is 1. The zero-order chi connectivity index (χ0) is 68.8. The first-order valence-electron chi connectivity index (χ1n) is 34.9. The number of ether oxygens (including phenoxy) is 2. The van der Waals surface area contributed by atoms with Crippen molar-refractivity contribution in [1.82, 2.24) is 19.9 Å². The number of methoxy groups -OCH3 is 2. The van der Waals surface area contributed by atoms with Gasteiger partial charge >= 0.3 is 0 Å². The largest absolute Gasteiger partial charge is 0.398 e. The lowest BCUT2D eigenvalue weighted by atomic mass is 9.96. The first-order valence-corrected chi connectivity index (χ1v) is 36.6. The summed E-state index contributed by atoms with van der Waals surface area (Å²) in [5.74, 6) is 1.95. The minimum Gasteiger partial charge on any atom is -0.398 e. The van der Waals surface area contributed by atoms with Gasteiger partial charge < -0.3 is 46.4 Å². The Labute approximate surface area is 592 Å². The second-order valence-corrected chi connectivity index (χ2v) is 28.9. The number of nitrogens with zero attached hydrogens (tertiary/aromatic N) is 5. The average molecular weight is 1360 g/mol. The van der Waals surface area contributed by atoms with Gasteiger partial charge in [-0.25, -0.2) is 0 Å². The second-order valence-electron chi connectivity index (χ2n) is 27.0. The van der Waals surface area contributed by atoms with E-state index in [1.807, 2.05) is 109 Å². The van der Waals surface area contributed by atoms with Crippen molar-refractivity contribution in [3.63, 3.8) is 0 Å². The molecule has 16 heteroatoms. The number of hydrogen-bond acceptors (Lipinski definition) is 15. The third kappa shape index (κ3) is 15.5. The quantitative estimate of drug-likeness (QED) is 0.0349. The molecule has 6 heterocycles. The topological polar surface area (TPSA) is 197 Å². The van der Waals surface area contributed by atoms with Crippen molar-refractivity contribution in [2.75, 3.05) is 94.2 Å². The highest BCUT2D eigenvalue weighted by molar-refractivity contribution is 7.13. The lowest BCUT2D eigenvalue weighted by Gasteiger charge is -2.31. The Balaban J connectivity index is 0.000000128. The molecule has 0 spiro atoms. The average Bonchev–Trinajstić information content (AvgIpc) is 1.59. The van der Waals surface area contributed by atoms with Gasteiger partial charge in [-0.05, 0) is 214 Å². The number of rotatable bonds is 23. The third-order valence-corrected chi connectivity index (χ3v) is 21.7. The van der Waals surface area contributed by atoms with Crippen molar-refractivity contribution >= 4 is 101 Å². The molecule has 4 fully saturated rings. The maximum Gasteiger partial charge on any atom is 0.168 e. The van der Waals surface area contributed by atoms with Crippen LogP contribution in [0, 0.1) is 0 Å². The highest BCUT2D eigenvalue weighted by Crippen LogP contribution is 2.49. The van der Waals surface area contributed by atoms with Crippen molar-refractivity contribution in [3.05, 3.63) is 243 Å². The standard InChI is InChI=1S/C28H28N4OS.C28H29N3O2S.C28H28N2O2/c29-23-7-5-19(26-2-1-13-34-26)14-21(23)16-25(33)22-15-20-6-8-24(32-11-9-30-10-12-32)27(18-3-4-18)28(20)31-17-22;1-31(9-10-33-2)26-16-25-21(14-23(26)18-5-6-18)13-22(17-30-25)27(32)15-20-12-19(7-8-24(20)29)28-4-3-11-34-28;1-32-14-13-30-18-25(20-7-8-20)24-16-22(10-12-27(24)30)28(31)17-23-15-21(9-11-26(23)29)19-5-3-2-4-6-19/h1-2,5-8,13-15,17-18,30H,3-4,9-12,16,29H2;3-4,7-8,11-14,16-18H,5-6,9-10,15,29H2,1-2H3;2-6,9-12,15-16,18,20H,7-8,13-14,17,29H2,1H3. The molecule has 3 aliphatic carbocycles. The summed E-state index contributed by atoms with van der Waals surface area (Å²) in [5, 5.41) is 10.8. The molecule has 4 aliphatic rings. The van der Waals surface area contributed by atoms with Gasteiger partial charge in [0, 0.05) is 181 Å². The van der Waals surface area contributed by atoms with Gasteiger partial charge in [0.05, 0.1) is 24.2 Å². The van der Waals surface area contributed by atoms with Crippen molar-refractivity contribution < 1.29 is 23.9 Å². The zero-order valence-electron chi connectivity index (χ0n) is 57.1. The predicted octanol–water partition coefficient (Wildman–Crippen LogP) is 17.0. The molecule has 3 saturated carbocycles. The van der Waals surface area contributed by atoms with Crippen LogP contribution < -0.4 is 32.3 Å². The highest BCUT2D eigenvalue weighted by Gasteiger charge is 2.32. The number of nitrogens with one attached hydrogen (secondary N) is 1. The van der Waals surface area contributed by atoms with Crippen molar-refractivity contribution in [1.29, 1.82) is 0 Å². The summed E-state index contributed by atoms with van der Waals surface area (Å²) in [6, 6.07) is 55.0. The van der Waals surface area contributed by atoms with Crippen LogP contribution in [0.5, 0.6) is 0 Å². The number of nitrogen functional groups attached to an aromatic ring is 3. The van der Waals surface area contributed by atoms with Crippen LogP contribution in [0.2, 0.25) is 0 Å². The molecule has 1 aliphatic heterocycles. The molecular weight excluding hydrogens is 1280 g/mol. The molecule has 0 radical (unpaired) electrons. The summed E-state index contributed by atoms with van der Waals surface area (Å²) in [6.45, 7) is 7.06. The Hall–Kier alpha value is -9.81. The van der Waals surface area contributed by atoms with Crippen molar-refractivity contribution in [2.45, 2.75) is 82.1 Å². The number of hydrogen-bond donors (Lipinski definition) is 4. The van der Waals surface area contributed by atoms with Gasteiger partial charge in [-0.1, -0.05) is 66.7 Å². The van der Waals surface area contributed by atoms with Crippen LogP contribution in [0.25, 0.3) is 64.7 Å². The first kappa shape index (κ1) is 67.4. The smallest absolute Gasteiger partial charge is 0.168 e. The maximum atomic E-state index is 13.3. The molecule has 16 rings (SSSR count).